The molecule has 1 aliphatic heterocycles. The number of hydrogen-bond donors (Lipinski definition) is 0. The van der Waals surface area contributed by atoms with Gasteiger partial charge in [-0.3, -0.25) is 4.79 Å². The summed E-state index contributed by atoms with van der Waals surface area (Å²) in [6.07, 6.45) is -2.11. The topological polar surface area (TPSA) is 20.3 Å². The number of alkyl halides is 3. The third-order valence-corrected chi connectivity index (χ3v) is 4.22. The Morgan fingerprint density at radius 2 is 2.05 bits per heavy atom. The molecule has 2 atom stereocenters. The van der Waals surface area contributed by atoms with Crippen molar-refractivity contribution in [3.8, 4) is 0 Å². The molecule has 1 aromatic carbocycles. The first-order valence-electron chi connectivity index (χ1n) is 6.89. The van der Waals surface area contributed by atoms with Crippen LogP contribution in [0.2, 0.25) is 0 Å². The maximum absolute atomic E-state index is 12.7. The van der Waals surface area contributed by atoms with Crippen LogP contribution < -0.4 is 4.90 Å². The predicted molar refractivity (Wildman–Crippen MR) is 69.4 cm³/mol. The van der Waals surface area contributed by atoms with E-state index in [1.165, 1.54) is 12.1 Å². The summed E-state index contributed by atoms with van der Waals surface area (Å²) in [6, 6.07) is 3.70. The smallest absolute Gasteiger partial charge is 0.312 e. The molecule has 2 nitrogen and oxygen atoms in total. The number of carbonyl (C=O) groups excluding carboxylic acids is 1. The summed E-state index contributed by atoms with van der Waals surface area (Å²) in [5, 5.41) is 0. The fourth-order valence-electron chi connectivity index (χ4n) is 2.87. The number of aryl methyl sites for hydroxylation is 1. The van der Waals surface area contributed by atoms with E-state index in [1.807, 2.05) is 6.92 Å². The van der Waals surface area contributed by atoms with Crippen LogP contribution in [0.4, 0.5) is 18.9 Å². The molecule has 0 spiro atoms. The molecule has 1 saturated carbocycles. The summed E-state index contributed by atoms with van der Waals surface area (Å²) < 4.78 is 38.2. The van der Waals surface area contributed by atoms with Crippen molar-refractivity contribution < 1.29 is 18.0 Å². The fourth-order valence-corrected chi connectivity index (χ4v) is 2.87. The van der Waals surface area contributed by atoms with Crippen LogP contribution in [0.25, 0.3) is 0 Å². The average Bonchev–Trinajstić information content (AvgIpc) is 3.12. The van der Waals surface area contributed by atoms with Gasteiger partial charge in [0.2, 0.25) is 5.91 Å². The first-order valence-corrected chi connectivity index (χ1v) is 6.89. The highest BCUT2D eigenvalue weighted by Gasteiger charge is 2.42. The van der Waals surface area contributed by atoms with Crippen molar-refractivity contribution in [3.05, 3.63) is 29.3 Å². The number of fused-ring (bicyclic) bond motifs is 1. The van der Waals surface area contributed by atoms with E-state index in [1.54, 1.807) is 4.90 Å². The zero-order valence-electron chi connectivity index (χ0n) is 11.2. The van der Waals surface area contributed by atoms with Crippen molar-refractivity contribution in [3.63, 3.8) is 0 Å². The molecule has 108 valence electrons. The molecule has 1 aromatic rings. The molecule has 1 amide bonds. The second kappa shape index (κ2) is 4.50. The Hall–Kier alpha value is -1.52. The number of carbonyl (C=O) groups is 1. The lowest BCUT2D eigenvalue weighted by Gasteiger charge is -2.30. The quantitative estimate of drug-likeness (QED) is 0.770. The average molecular weight is 283 g/mol. The first kappa shape index (κ1) is 13.5. The Morgan fingerprint density at radius 3 is 2.65 bits per heavy atom. The molecule has 5 heteroatoms. The van der Waals surface area contributed by atoms with Gasteiger partial charge in [-0.1, -0.05) is 6.92 Å². The summed E-state index contributed by atoms with van der Waals surface area (Å²) in [5.41, 5.74) is 0.659. The van der Waals surface area contributed by atoms with E-state index in [2.05, 4.69) is 0 Å². The van der Waals surface area contributed by atoms with Gasteiger partial charge in [0, 0.05) is 18.2 Å². The largest absolute Gasteiger partial charge is 0.416 e. The van der Waals surface area contributed by atoms with E-state index in [0.717, 1.165) is 18.9 Å². The van der Waals surface area contributed by atoms with Crippen molar-refractivity contribution in [1.82, 2.24) is 0 Å². The van der Waals surface area contributed by atoms with E-state index in [-0.39, 0.29) is 11.8 Å². The van der Waals surface area contributed by atoms with Crippen LogP contribution in [0.5, 0.6) is 0 Å². The van der Waals surface area contributed by atoms with Crippen molar-refractivity contribution in [1.29, 1.82) is 0 Å². The molecule has 1 fully saturated rings. The van der Waals surface area contributed by atoms with Crippen molar-refractivity contribution in [2.45, 2.75) is 32.4 Å². The number of amides is 1. The van der Waals surface area contributed by atoms with Crippen LogP contribution in [0.15, 0.2) is 18.2 Å². The molecule has 0 radical (unpaired) electrons. The summed E-state index contributed by atoms with van der Waals surface area (Å²) in [4.78, 5) is 14.0. The second-order valence-electron chi connectivity index (χ2n) is 5.75. The van der Waals surface area contributed by atoms with Crippen LogP contribution in [0, 0.1) is 11.8 Å². The van der Waals surface area contributed by atoms with Crippen molar-refractivity contribution in [2.75, 3.05) is 11.4 Å². The maximum atomic E-state index is 12.7. The highest BCUT2D eigenvalue weighted by atomic mass is 19.4. The SMILES string of the molecule is CC1CC1C(=O)N1CCCc2cc(C(F)(F)F)ccc21. The highest BCUT2D eigenvalue weighted by Crippen LogP contribution is 2.42. The maximum Gasteiger partial charge on any atom is 0.416 e. The van der Waals surface area contributed by atoms with Gasteiger partial charge in [0.05, 0.1) is 5.56 Å². The van der Waals surface area contributed by atoms with Gasteiger partial charge < -0.3 is 4.90 Å². The molecule has 1 heterocycles. The zero-order chi connectivity index (χ0) is 14.5. The molecule has 1 aliphatic carbocycles. The van der Waals surface area contributed by atoms with E-state index in [0.29, 0.717) is 30.1 Å². The van der Waals surface area contributed by atoms with Gasteiger partial charge in [0.1, 0.15) is 0 Å². The summed E-state index contributed by atoms with van der Waals surface area (Å²) in [5.74, 6) is 0.531. The Morgan fingerprint density at radius 1 is 1.35 bits per heavy atom. The van der Waals surface area contributed by atoms with E-state index < -0.39 is 11.7 Å². The van der Waals surface area contributed by atoms with E-state index >= 15 is 0 Å². The molecule has 0 bridgehead atoms. The summed E-state index contributed by atoms with van der Waals surface area (Å²) in [7, 11) is 0. The lowest BCUT2D eigenvalue weighted by molar-refractivity contribution is -0.137. The molecule has 0 aromatic heterocycles. The Bertz CT molecular complexity index is 553. The molecular formula is C15H16F3NO. The fraction of sp³-hybridized carbons (Fsp3) is 0.533. The van der Waals surface area contributed by atoms with Crippen LogP contribution in [0.3, 0.4) is 0 Å². The van der Waals surface area contributed by atoms with Gasteiger partial charge in [0.15, 0.2) is 0 Å². The standard InChI is InChI=1S/C15H16F3NO/c1-9-7-12(9)14(20)19-6-2-3-10-8-11(15(16,17)18)4-5-13(10)19/h4-5,8-9,12H,2-3,6-7H2,1H3. The minimum absolute atomic E-state index is 0.0586. The van der Waals surface area contributed by atoms with Crippen LogP contribution in [0.1, 0.15) is 30.9 Å². The van der Waals surface area contributed by atoms with Crippen LogP contribution in [-0.4, -0.2) is 12.5 Å². The molecule has 2 aliphatic rings. The van der Waals surface area contributed by atoms with Gasteiger partial charge in [-0.05, 0) is 48.9 Å². The molecule has 3 rings (SSSR count). The van der Waals surface area contributed by atoms with E-state index in [9.17, 15) is 18.0 Å². The molecule has 0 N–H and O–H groups in total. The normalized spacial score (nSPS) is 25.3. The Kier molecular flexibility index (Phi) is 3.03. The monoisotopic (exact) mass is 283 g/mol. The lowest BCUT2D eigenvalue weighted by Crippen LogP contribution is -2.37. The van der Waals surface area contributed by atoms with Gasteiger partial charge in [0.25, 0.3) is 0 Å². The molecule has 2 unspecified atom stereocenters. The lowest BCUT2D eigenvalue weighted by atomic mass is 9.98. The number of hydrogen-bond acceptors (Lipinski definition) is 1. The van der Waals surface area contributed by atoms with Gasteiger partial charge in [-0.25, -0.2) is 0 Å². The summed E-state index contributed by atoms with van der Waals surface area (Å²) >= 11 is 0. The summed E-state index contributed by atoms with van der Waals surface area (Å²) in [6.45, 7) is 2.64. The number of halogens is 3. The number of rotatable bonds is 1. The first-order chi connectivity index (χ1) is 9.38. The Labute approximate surface area is 115 Å². The van der Waals surface area contributed by atoms with Crippen LogP contribution in [-0.2, 0) is 17.4 Å². The molecule has 20 heavy (non-hydrogen) atoms. The van der Waals surface area contributed by atoms with Crippen LogP contribution >= 0.6 is 0 Å². The van der Waals surface area contributed by atoms with Gasteiger partial charge in [-0.2, -0.15) is 13.2 Å². The van der Waals surface area contributed by atoms with Gasteiger partial charge in [-0.15, -0.1) is 0 Å². The second-order valence-corrected chi connectivity index (χ2v) is 5.75. The zero-order valence-corrected chi connectivity index (χ0v) is 11.2. The van der Waals surface area contributed by atoms with Crippen molar-refractivity contribution >= 4 is 11.6 Å². The minimum atomic E-state index is -4.33. The van der Waals surface area contributed by atoms with Crippen molar-refractivity contribution in [2.24, 2.45) is 11.8 Å². The third kappa shape index (κ3) is 2.30. The number of nitrogens with zero attached hydrogens (tertiary/aromatic N) is 1. The minimum Gasteiger partial charge on any atom is -0.312 e. The molecule has 0 saturated heterocycles. The highest BCUT2D eigenvalue weighted by molar-refractivity contribution is 5.97. The van der Waals surface area contributed by atoms with E-state index in [4.69, 9.17) is 0 Å². The van der Waals surface area contributed by atoms with Gasteiger partial charge >= 0.3 is 6.18 Å². The number of anilines is 1. The predicted octanol–water partition coefficient (Wildman–Crippen LogP) is 3.64. The Balaban J connectivity index is 1.91. The third-order valence-electron chi connectivity index (χ3n) is 4.22. The molecular weight excluding hydrogens is 267 g/mol. The number of benzene rings is 1.